The SMILES string of the molecule is O=C(NC1CC1)C1(c2ccc(Cl)cc2)CCCC1. The van der Waals surface area contributed by atoms with Crippen LogP contribution in [0.5, 0.6) is 0 Å². The van der Waals surface area contributed by atoms with E-state index in [1.807, 2.05) is 24.3 Å². The minimum absolute atomic E-state index is 0.227. The van der Waals surface area contributed by atoms with Gasteiger partial charge < -0.3 is 5.32 Å². The second-order valence-corrected chi connectivity index (χ2v) is 5.98. The van der Waals surface area contributed by atoms with Gasteiger partial charge >= 0.3 is 0 Å². The lowest BCUT2D eigenvalue weighted by molar-refractivity contribution is -0.126. The summed E-state index contributed by atoms with van der Waals surface area (Å²) in [6, 6.07) is 8.24. The Hall–Kier alpha value is -1.02. The molecule has 0 aliphatic heterocycles. The Morgan fingerprint density at radius 3 is 2.33 bits per heavy atom. The maximum Gasteiger partial charge on any atom is 0.230 e. The number of amides is 1. The van der Waals surface area contributed by atoms with Crippen molar-refractivity contribution < 1.29 is 4.79 Å². The average Bonchev–Trinajstić information content (AvgIpc) is 3.04. The highest BCUT2D eigenvalue weighted by molar-refractivity contribution is 6.30. The minimum Gasteiger partial charge on any atom is -0.353 e. The van der Waals surface area contributed by atoms with Crippen LogP contribution in [0.4, 0.5) is 0 Å². The van der Waals surface area contributed by atoms with Gasteiger partial charge in [0.05, 0.1) is 5.41 Å². The van der Waals surface area contributed by atoms with Gasteiger partial charge in [-0.25, -0.2) is 0 Å². The molecule has 3 heteroatoms. The Kier molecular flexibility index (Phi) is 3.06. The molecule has 1 N–H and O–H groups in total. The third-order valence-electron chi connectivity index (χ3n) is 4.20. The molecule has 96 valence electrons. The molecule has 2 saturated carbocycles. The molecule has 2 aliphatic carbocycles. The Bertz CT molecular complexity index is 444. The van der Waals surface area contributed by atoms with Crippen LogP contribution in [0, 0.1) is 0 Å². The summed E-state index contributed by atoms with van der Waals surface area (Å²) < 4.78 is 0. The number of hydrogen-bond acceptors (Lipinski definition) is 1. The van der Waals surface area contributed by atoms with Crippen LogP contribution in [0.15, 0.2) is 24.3 Å². The van der Waals surface area contributed by atoms with E-state index < -0.39 is 0 Å². The zero-order chi connectivity index (χ0) is 12.6. The number of carbonyl (C=O) groups excluding carboxylic acids is 1. The molecule has 2 fully saturated rings. The molecule has 0 spiro atoms. The van der Waals surface area contributed by atoms with Crippen LogP contribution in [-0.2, 0) is 10.2 Å². The van der Waals surface area contributed by atoms with Gasteiger partial charge in [0, 0.05) is 11.1 Å². The van der Waals surface area contributed by atoms with E-state index in [0.717, 1.165) is 49.1 Å². The van der Waals surface area contributed by atoms with E-state index in [0.29, 0.717) is 6.04 Å². The molecule has 0 atom stereocenters. The van der Waals surface area contributed by atoms with Gasteiger partial charge in [0.1, 0.15) is 0 Å². The van der Waals surface area contributed by atoms with E-state index >= 15 is 0 Å². The molecule has 1 aromatic carbocycles. The van der Waals surface area contributed by atoms with Crippen molar-refractivity contribution in [1.82, 2.24) is 5.32 Å². The van der Waals surface area contributed by atoms with Crippen LogP contribution in [-0.4, -0.2) is 11.9 Å². The Morgan fingerprint density at radius 1 is 1.17 bits per heavy atom. The Morgan fingerprint density at radius 2 is 1.78 bits per heavy atom. The first kappa shape index (κ1) is 12.0. The second-order valence-electron chi connectivity index (χ2n) is 5.54. The molecule has 0 unspecified atom stereocenters. The predicted molar refractivity (Wildman–Crippen MR) is 72.8 cm³/mol. The van der Waals surface area contributed by atoms with E-state index in [1.165, 1.54) is 0 Å². The Labute approximate surface area is 113 Å². The molecular weight excluding hydrogens is 246 g/mol. The predicted octanol–water partition coefficient (Wildman–Crippen LogP) is 3.43. The lowest BCUT2D eigenvalue weighted by Gasteiger charge is -2.28. The monoisotopic (exact) mass is 263 g/mol. The smallest absolute Gasteiger partial charge is 0.230 e. The van der Waals surface area contributed by atoms with Crippen molar-refractivity contribution >= 4 is 17.5 Å². The van der Waals surface area contributed by atoms with Gasteiger partial charge in [-0.05, 0) is 43.4 Å². The average molecular weight is 264 g/mol. The summed E-state index contributed by atoms with van der Waals surface area (Å²) in [5.74, 6) is 0.227. The van der Waals surface area contributed by atoms with Gasteiger partial charge in [0.25, 0.3) is 0 Å². The van der Waals surface area contributed by atoms with E-state index in [1.54, 1.807) is 0 Å². The third-order valence-corrected chi connectivity index (χ3v) is 4.45. The standard InChI is InChI=1S/C15H18ClNO/c16-12-5-3-11(4-6-12)15(9-1-2-10-15)14(18)17-13-7-8-13/h3-6,13H,1-2,7-10H2,(H,17,18). The zero-order valence-electron chi connectivity index (χ0n) is 10.4. The highest BCUT2D eigenvalue weighted by atomic mass is 35.5. The highest BCUT2D eigenvalue weighted by Crippen LogP contribution is 2.42. The van der Waals surface area contributed by atoms with Gasteiger partial charge in [0.2, 0.25) is 5.91 Å². The van der Waals surface area contributed by atoms with Crippen LogP contribution in [0.2, 0.25) is 5.02 Å². The first-order valence-electron chi connectivity index (χ1n) is 6.78. The third kappa shape index (κ3) is 2.14. The maximum absolute atomic E-state index is 12.6. The molecule has 0 radical (unpaired) electrons. The fourth-order valence-corrected chi connectivity index (χ4v) is 3.07. The molecule has 3 rings (SSSR count). The van der Waals surface area contributed by atoms with Crippen molar-refractivity contribution in [3.8, 4) is 0 Å². The van der Waals surface area contributed by atoms with Crippen molar-refractivity contribution in [1.29, 1.82) is 0 Å². The number of rotatable bonds is 3. The Balaban J connectivity index is 1.89. The molecule has 0 bridgehead atoms. The van der Waals surface area contributed by atoms with Crippen molar-refractivity contribution in [3.05, 3.63) is 34.9 Å². The molecule has 0 aromatic heterocycles. The van der Waals surface area contributed by atoms with Gasteiger partial charge in [-0.3, -0.25) is 4.79 Å². The van der Waals surface area contributed by atoms with E-state index in [9.17, 15) is 4.79 Å². The summed E-state index contributed by atoms with van der Waals surface area (Å²) >= 11 is 5.94. The summed E-state index contributed by atoms with van der Waals surface area (Å²) in [5, 5.41) is 3.91. The van der Waals surface area contributed by atoms with Crippen molar-refractivity contribution in [2.75, 3.05) is 0 Å². The van der Waals surface area contributed by atoms with E-state index in [-0.39, 0.29) is 11.3 Å². The molecule has 1 aromatic rings. The van der Waals surface area contributed by atoms with Crippen LogP contribution in [0.25, 0.3) is 0 Å². The van der Waals surface area contributed by atoms with Crippen LogP contribution >= 0.6 is 11.6 Å². The number of nitrogens with one attached hydrogen (secondary N) is 1. The van der Waals surface area contributed by atoms with Crippen LogP contribution in [0.3, 0.4) is 0 Å². The second kappa shape index (κ2) is 4.58. The molecule has 2 nitrogen and oxygen atoms in total. The fraction of sp³-hybridized carbons (Fsp3) is 0.533. The van der Waals surface area contributed by atoms with Gasteiger partial charge in [-0.1, -0.05) is 36.6 Å². The van der Waals surface area contributed by atoms with Gasteiger partial charge in [0.15, 0.2) is 0 Å². The summed E-state index contributed by atoms with van der Waals surface area (Å²) in [4.78, 5) is 12.6. The van der Waals surface area contributed by atoms with Crippen LogP contribution in [0.1, 0.15) is 44.1 Å². The van der Waals surface area contributed by atoms with Crippen molar-refractivity contribution in [2.45, 2.75) is 50.0 Å². The van der Waals surface area contributed by atoms with Gasteiger partial charge in [-0.15, -0.1) is 0 Å². The highest BCUT2D eigenvalue weighted by Gasteiger charge is 2.44. The quantitative estimate of drug-likeness (QED) is 0.889. The first-order valence-corrected chi connectivity index (χ1v) is 7.15. The van der Waals surface area contributed by atoms with E-state index in [2.05, 4.69) is 5.32 Å². The minimum atomic E-state index is -0.298. The van der Waals surface area contributed by atoms with Crippen LogP contribution < -0.4 is 5.32 Å². The molecule has 2 aliphatic rings. The lowest BCUT2D eigenvalue weighted by atomic mass is 9.78. The van der Waals surface area contributed by atoms with Crippen molar-refractivity contribution in [2.24, 2.45) is 0 Å². The summed E-state index contributed by atoms with van der Waals surface area (Å²) in [6.45, 7) is 0. The molecule has 0 heterocycles. The maximum atomic E-state index is 12.6. The fourth-order valence-electron chi connectivity index (χ4n) is 2.95. The largest absolute Gasteiger partial charge is 0.353 e. The normalized spacial score (nSPS) is 21.8. The molecular formula is C15H18ClNO. The van der Waals surface area contributed by atoms with Gasteiger partial charge in [-0.2, -0.15) is 0 Å². The van der Waals surface area contributed by atoms with Crippen molar-refractivity contribution in [3.63, 3.8) is 0 Å². The zero-order valence-corrected chi connectivity index (χ0v) is 11.2. The topological polar surface area (TPSA) is 29.1 Å². The number of halogens is 1. The first-order chi connectivity index (χ1) is 8.71. The number of benzene rings is 1. The summed E-state index contributed by atoms with van der Waals surface area (Å²) in [6.07, 6.45) is 6.49. The lowest BCUT2D eigenvalue weighted by Crippen LogP contribution is -2.43. The summed E-state index contributed by atoms with van der Waals surface area (Å²) in [7, 11) is 0. The summed E-state index contributed by atoms with van der Waals surface area (Å²) in [5.41, 5.74) is 0.829. The van der Waals surface area contributed by atoms with E-state index in [4.69, 9.17) is 11.6 Å². The molecule has 1 amide bonds. The molecule has 0 saturated heterocycles. The number of hydrogen-bond donors (Lipinski definition) is 1. The number of carbonyl (C=O) groups is 1. The molecule has 18 heavy (non-hydrogen) atoms.